The molecule has 3 rings (SSSR count). The molecule has 3 N–H and O–H groups in total. The zero-order valence-corrected chi connectivity index (χ0v) is 8.81. The lowest BCUT2D eigenvalue weighted by molar-refractivity contribution is 0.0688. The lowest BCUT2D eigenvalue weighted by Crippen LogP contribution is -2.12. The predicted molar refractivity (Wildman–Crippen MR) is 57.4 cm³/mol. The van der Waals surface area contributed by atoms with Gasteiger partial charge in [0.1, 0.15) is 11.6 Å². The zero-order chi connectivity index (χ0) is 11.3. The van der Waals surface area contributed by atoms with Gasteiger partial charge >= 0.3 is 5.97 Å². The lowest BCUT2D eigenvalue weighted by atomic mass is 10.1. The van der Waals surface area contributed by atoms with Gasteiger partial charge in [0, 0.05) is 11.5 Å². The molecule has 2 aliphatic rings. The summed E-state index contributed by atoms with van der Waals surface area (Å²) in [5.74, 6) is 0.585. The van der Waals surface area contributed by atoms with E-state index in [-0.39, 0.29) is 11.6 Å². The third kappa shape index (κ3) is 1.52. The number of nitrogens with two attached hydrogens (primary N) is 1. The molecule has 0 spiro atoms. The molecular formula is C11H13N3O2. The molecule has 2 aliphatic carbocycles. The second-order valence-corrected chi connectivity index (χ2v) is 4.58. The first-order valence-corrected chi connectivity index (χ1v) is 5.57. The number of nitrogen functional groups attached to an aromatic ring is 1. The molecule has 0 unspecified atom stereocenters. The third-order valence-corrected chi connectivity index (χ3v) is 3.12. The van der Waals surface area contributed by atoms with Crippen LogP contribution in [-0.4, -0.2) is 21.0 Å². The number of anilines is 1. The van der Waals surface area contributed by atoms with E-state index in [0.717, 1.165) is 25.7 Å². The highest BCUT2D eigenvalue weighted by atomic mass is 16.4. The maximum Gasteiger partial charge on any atom is 0.355 e. The van der Waals surface area contributed by atoms with Crippen molar-refractivity contribution in [2.24, 2.45) is 0 Å². The standard InChI is InChI=1S/C11H13N3O2/c12-9-7(5-1-2-5)8(11(15)16)13-10(14-9)6-3-4-6/h5-6H,1-4H2,(H,15,16)(H2,12,13,14). The molecular weight excluding hydrogens is 206 g/mol. The Morgan fingerprint density at radius 1 is 1.19 bits per heavy atom. The molecule has 0 amide bonds. The fraction of sp³-hybridized carbons (Fsp3) is 0.545. The van der Waals surface area contributed by atoms with Crippen LogP contribution in [0.25, 0.3) is 0 Å². The minimum Gasteiger partial charge on any atom is -0.476 e. The van der Waals surface area contributed by atoms with E-state index >= 15 is 0 Å². The van der Waals surface area contributed by atoms with Crippen molar-refractivity contribution in [2.75, 3.05) is 5.73 Å². The Hall–Kier alpha value is -1.65. The van der Waals surface area contributed by atoms with Crippen molar-refractivity contribution < 1.29 is 9.90 Å². The van der Waals surface area contributed by atoms with Crippen LogP contribution in [0.4, 0.5) is 5.82 Å². The maximum atomic E-state index is 11.2. The molecule has 5 nitrogen and oxygen atoms in total. The molecule has 1 aromatic heterocycles. The van der Waals surface area contributed by atoms with Crippen molar-refractivity contribution in [2.45, 2.75) is 37.5 Å². The number of aromatic nitrogens is 2. The van der Waals surface area contributed by atoms with Crippen molar-refractivity contribution in [1.82, 2.24) is 9.97 Å². The Bertz CT molecular complexity index is 465. The van der Waals surface area contributed by atoms with Crippen LogP contribution in [0, 0.1) is 0 Å². The minimum absolute atomic E-state index is 0.122. The number of carbonyl (C=O) groups is 1. The Kier molecular flexibility index (Phi) is 1.89. The third-order valence-electron chi connectivity index (χ3n) is 3.12. The Morgan fingerprint density at radius 2 is 1.81 bits per heavy atom. The number of carboxylic acids is 1. The number of hydrogen-bond acceptors (Lipinski definition) is 4. The largest absolute Gasteiger partial charge is 0.476 e. The van der Waals surface area contributed by atoms with Gasteiger partial charge in [0.05, 0.1) is 0 Å². The van der Waals surface area contributed by atoms with Gasteiger partial charge in [-0.1, -0.05) is 0 Å². The van der Waals surface area contributed by atoms with Crippen LogP contribution in [0.15, 0.2) is 0 Å². The summed E-state index contributed by atoms with van der Waals surface area (Å²) in [5.41, 5.74) is 6.62. The summed E-state index contributed by atoms with van der Waals surface area (Å²) in [5, 5.41) is 9.15. The molecule has 0 atom stereocenters. The normalized spacial score (nSPS) is 19.8. The van der Waals surface area contributed by atoms with Gasteiger partial charge in [0.15, 0.2) is 5.69 Å². The quantitative estimate of drug-likeness (QED) is 0.804. The van der Waals surface area contributed by atoms with Gasteiger partial charge in [0.25, 0.3) is 0 Å². The van der Waals surface area contributed by atoms with Gasteiger partial charge in [-0.2, -0.15) is 0 Å². The molecule has 5 heteroatoms. The Labute approximate surface area is 92.7 Å². The summed E-state index contributed by atoms with van der Waals surface area (Å²) in [6, 6.07) is 0. The SMILES string of the molecule is Nc1nc(C2CC2)nc(C(=O)O)c1C1CC1. The minimum atomic E-state index is -0.988. The molecule has 16 heavy (non-hydrogen) atoms. The van der Waals surface area contributed by atoms with E-state index in [1.807, 2.05) is 0 Å². The summed E-state index contributed by atoms with van der Waals surface area (Å²) in [7, 11) is 0. The summed E-state index contributed by atoms with van der Waals surface area (Å²) >= 11 is 0. The zero-order valence-electron chi connectivity index (χ0n) is 8.81. The van der Waals surface area contributed by atoms with Crippen molar-refractivity contribution >= 4 is 11.8 Å². The highest BCUT2D eigenvalue weighted by Crippen LogP contribution is 2.45. The van der Waals surface area contributed by atoms with E-state index in [4.69, 9.17) is 10.8 Å². The van der Waals surface area contributed by atoms with E-state index in [2.05, 4.69) is 9.97 Å². The smallest absolute Gasteiger partial charge is 0.355 e. The number of aromatic carboxylic acids is 1. The van der Waals surface area contributed by atoms with Gasteiger partial charge in [-0.05, 0) is 31.6 Å². The molecule has 0 bridgehead atoms. The van der Waals surface area contributed by atoms with Crippen LogP contribution in [0.1, 0.15) is 59.4 Å². The van der Waals surface area contributed by atoms with Crippen molar-refractivity contribution in [3.63, 3.8) is 0 Å². The van der Waals surface area contributed by atoms with Gasteiger partial charge in [-0.25, -0.2) is 14.8 Å². The Morgan fingerprint density at radius 3 is 2.31 bits per heavy atom. The second kappa shape index (κ2) is 3.17. The van der Waals surface area contributed by atoms with Gasteiger partial charge in [0.2, 0.25) is 0 Å². The molecule has 2 fully saturated rings. The van der Waals surface area contributed by atoms with Crippen LogP contribution in [-0.2, 0) is 0 Å². The van der Waals surface area contributed by atoms with Crippen molar-refractivity contribution in [1.29, 1.82) is 0 Å². The fourth-order valence-corrected chi connectivity index (χ4v) is 1.97. The average molecular weight is 219 g/mol. The van der Waals surface area contributed by atoms with Crippen LogP contribution >= 0.6 is 0 Å². The summed E-state index contributed by atoms with van der Waals surface area (Å²) < 4.78 is 0. The van der Waals surface area contributed by atoms with E-state index in [1.165, 1.54) is 0 Å². The molecule has 1 heterocycles. The number of carboxylic acid groups (broad SMARTS) is 1. The van der Waals surface area contributed by atoms with Gasteiger partial charge < -0.3 is 10.8 Å². The van der Waals surface area contributed by atoms with Gasteiger partial charge in [-0.15, -0.1) is 0 Å². The molecule has 2 saturated carbocycles. The highest BCUT2D eigenvalue weighted by Gasteiger charge is 2.35. The molecule has 0 radical (unpaired) electrons. The molecule has 0 aliphatic heterocycles. The number of rotatable bonds is 3. The van der Waals surface area contributed by atoms with Gasteiger partial charge in [-0.3, -0.25) is 0 Å². The summed E-state index contributed by atoms with van der Waals surface area (Å²) in [4.78, 5) is 19.6. The van der Waals surface area contributed by atoms with Crippen molar-refractivity contribution in [3.8, 4) is 0 Å². The molecule has 0 aromatic carbocycles. The molecule has 84 valence electrons. The first-order chi connectivity index (χ1) is 7.66. The van der Waals surface area contributed by atoms with E-state index in [0.29, 0.717) is 23.1 Å². The van der Waals surface area contributed by atoms with E-state index < -0.39 is 5.97 Å². The fourth-order valence-electron chi connectivity index (χ4n) is 1.97. The highest BCUT2D eigenvalue weighted by molar-refractivity contribution is 5.89. The molecule has 0 saturated heterocycles. The van der Waals surface area contributed by atoms with Crippen LogP contribution in [0.3, 0.4) is 0 Å². The predicted octanol–water partition coefficient (Wildman–Crippen LogP) is 1.51. The number of nitrogens with zero attached hydrogens (tertiary/aromatic N) is 2. The summed E-state index contributed by atoms with van der Waals surface area (Å²) in [6.45, 7) is 0. The first-order valence-electron chi connectivity index (χ1n) is 5.57. The van der Waals surface area contributed by atoms with E-state index in [9.17, 15) is 4.79 Å². The number of hydrogen-bond donors (Lipinski definition) is 2. The van der Waals surface area contributed by atoms with E-state index in [1.54, 1.807) is 0 Å². The topological polar surface area (TPSA) is 89.1 Å². The first kappa shape index (κ1) is 9.57. The summed E-state index contributed by atoms with van der Waals surface area (Å²) in [6.07, 6.45) is 4.08. The molecule has 1 aromatic rings. The lowest BCUT2D eigenvalue weighted by Gasteiger charge is -2.09. The monoisotopic (exact) mass is 219 g/mol. The Balaban J connectivity index is 2.11. The van der Waals surface area contributed by atoms with Crippen molar-refractivity contribution in [3.05, 3.63) is 17.1 Å². The second-order valence-electron chi connectivity index (χ2n) is 4.58. The van der Waals surface area contributed by atoms with Crippen LogP contribution in [0.5, 0.6) is 0 Å². The average Bonchev–Trinajstić information content (AvgIpc) is 3.09. The maximum absolute atomic E-state index is 11.2. The van der Waals surface area contributed by atoms with Crippen LogP contribution < -0.4 is 5.73 Å². The van der Waals surface area contributed by atoms with Crippen LogP contribution in [0.2, 0.25) is 0 Å².